The predicted octanol–water partition coefficient (Wildman–Crippen LogP) is 4.78. The van der Waals surface area contributed by atoms with Gasteiger partial charge < -0.3 is 14.6 Å². The number of benzene rings is 3. The average molecular weight is 447 g/mol. The molecule has 33 heavy (non-hydrogen) atoms. The maximum atomic E-state index is 14.0. The molecule has 168 valence electrons. The molecule has 1 heterocycles. The number of ether oxygens (including phenoxy) is 2. The van der Waals surface area contributed by atoms with E-state index in [0.717, 1.165) is 5.56 Å². The first-order chi connectivity index (χ1) is 15.8. The van der Waals surface area contributed by atoms with Crippen LogP contribution in [0.15, 0.2) is 72.3 Å². The van der Waals surface area contributed by atoms with Crippen molar-refractivity contribution in [2.45, 2.75) is 13.0 Å². The highest BCUT2D eigenvalue weighted by molar-refractivity contribution is 6.51. The highest BCUT2D eigenvalue weighted by atomic mass is 19.1. The zero-order valence-corrected chi connectivity index (χ0v) is 18.3. The van der Waals surface area contributed by atoms with E-state index in [1.165, 1.54) is 37.3 Å². The van der Waals surface area contributed by atoms with Crippen molar-refractivity contribution in [3.8, 4) is 11.5 Å². The van der Waals surface area contributed by atoms with E-state index in [4.69, 9.17) is 9.47 Å². The third kappa shape index (κ3) is 3.93. The summed E-state index contributed by atoms with van der Waals surface area (Å²) in [5.74, 6) is -1.90. The molecule has 0 radical (unpaired) electrons. The summed E-state index contributed by atoms with van der Waals surface area (Å²) in [5, 5.41) is 11.3. The highest BCUT2D eigenvalue weighted by Gasteiger charge is 2.47. The lowest BCUT2D eigenvalue weighted by atomic mass is 9.94. The van der Waals surface area contributed by atoms with Crippen LogP contribution in [0.3, 0.4) is 0 Å². The van der Waals surface area contributed by atoms with Gasteiger partial charge in [0.05, 0.1) is 31.4 Å². The van der Waals surface area contributed by atoms with Crippen LogP contribution in [0, 0.1) is 12.7 Å². The van der Waals surface area contributed by atoms with Crippen molar-refractivity contribution in [1.82, 2.24) is 0 Å². The Hall–Kier alpha value is -4.13. The van der Waals surface area contributed by atoms with Crippen molar-refractivity contribution in [3.63, 3.8) is 0 Å². The molecule has 6 nitrogen and oxygen atoms in total. The highest BCUT2D eigenvalue weighted by Crippen LogP contribution is 2.43. The number of hydrogen-bond acceptors (Lipinski definition) is 5. The van der Waals surface area contributed by atoms with Gasteiger partial charge in [-0.25, -0.2) is 4.39 Å². The van der Waals surface area contributed by atoms with Gasteiger partial charge in [0.15, 0.2) is 0 Å². The number of Topliss-reactive ketones (excluding diaryl/α,β-unsaturated/α-hetero) is 1. The fourth-order valence-electron chi connectivity index (χ4n) is 4.02. The smallest absolute Gasteiger partial charge is 0.300 e. The Morgan fingerprint density at radius 3 is 2.39 bits per heavy atom. The summed E-state index contributed by atoms with van der Waals surface area (Å²) in [6.07, 6.45) is 0. The second kappa shape index (κ2) is 8.78. The zero-order chi connectivity index (χ0) is 23.7. The van der Waals surface area contributed by atoms with Crippen LogP contribution in [0.5, 0.6) is 11.5 Å². The van der Waals surface area contributed by atoms with E-state index in [2.05, 4.69) is 0 Å². The molecule has 1 atom stereocenters. The molecule has 1 amide bonds. The number of aliphatic hydroxyl groups excluding tert-OH is 1. The predicted molar refractivity (Wildman–Crippen MR) is 122 cm³/mol. The number of hydrogen-bond donors (Lipinski definition) is 1. The van der Waals surface area contributed by atoms with Gasteiger partial charge in [-0.3, -0.25) is 14.5 Å². The number of rotatable bonds is 5. The normalized spacial score (nSPS) is 17.3. The monoisotopic (exact) mass is 447 g/mol. The summed E-state index contributed by atoms with van der Waals surface area (Å²) < 4.78 is 24.6. The minimum absolute atomic E-state index is 0.113. The topological polar surface area (TPSA) is 76.1 Å². The van der Waals surface area contributed by atoms with E-state index >= 15 is 0 Å². The first kappa shape index (κ1) is 22.1. The van der Waals surface area contributed by atoms with Crippen molar-refractivity contribution in [2.75, 3.05) is 19.1 Å². The SMILES string of the molecule is COc1ccc(/C(O)=C2/C(=O)C(=O)N(c3cccc(F)c3)C2c2cccc(C)c2)c(OC)c1. The molecule has 0 aliphatic carbocycles. The number of carbonyl (C=O) groups is 2. The van der Waals surface area contributed by atoms with Gasteiger partial charge in [-0.1, -0.05) is 35.9 Å². The molecule has 1 aliphatic heterocycles. The molecule has 0 aromatic heterocycles. The summed E-state index contributed by atoms with van der Waals surface area (Å²) in [6.45, 7) is 1.88. The van der Waals surface area contributed by atoms with Gasteiger partial charge in [0.1, 0.15) is 23.1 Å². The average Bonchev–Trinajstić information content (AvgIpc) is 3.08. The van der Waals surface area contributed by atoms with Crippen LogP contribution in [0.1, 0.15) is 22.7 Å². The molecule has 1 unspecified atom stereocenters. The molecular weight excluding hydrogens is 425 g/mol. The van der Waals surface area contributed by atoms with Crippen LogP contribution < -0.4 is 14.4 Å². The fourth-order valence-corrected chi connectivity index (χ4v) is 4.02. The first-order valence-corrected chi connectivity index (χ1v) is 10.2. The lowest BCUT2D eigenvalue weighted by Gasteiger charge is -2.26. The minimum Gasteiger partial charge on any atom is -0.507 e. The molecule has 1 aliphatic rings. The van der Waals surface area contributed by atoms with Gasteiger partial charge in [0.25, 0.3) is 11.7 Å². The molecule has 1 N–H and O–H groups in total. The van der Waals surface area contributed by atoms with Crippen LogP contribution in [-0.4, -0.2) is 31.0 Å². The summed E-state index contributed by atoms with van der Waals surface area (Å²) >= 11 is 0. The van der Waals surface area contributed by atoms with Crippen LogP contribution in [0.4, 0.5) is 10.1 Å². The molecule has 1 fully saturated rings. The van der Waals surface area contributed by atoms with Crippen LogP contribution >= 0.6 is 0 Å². The summed E-state index contributed by atoms with van der Waals surface area (Å²) in [5.41, 5.74) is 1.84. The maximum Gasteiger partial charge on any atom is 0.300 e. The Bertz CT molecular complexity index is 1280. The molecule has 7 heteroatoms. The number of aryl methyl sites for hydroxylation is 1. The number of aliphatic hydroxyl groups is 1. The molecule has 3 aromatic rings. The molecule has 0 saturated carbocycles. The Kier molecular flexibility index (Phi) is 5.87. The lowest BCUT2D eigenvalue weighted by molar-refractivity contribution is -0.132. The largest absolute Gasteiger partial charge is 0.507 e. The van der Waals surface area contributed by atoms with Gasteiger partial charge in [-0.15, -0.1) is 0 Å². The molecule has 4 rings (SSSR count). The molecular formula is C26H22FNO5. The number of carbonyl (C=O) groups excluding carboxylic acids is 2. The van der Waals surface area contributed by atoms with Crippen molar-refractivity contribution >= 4 is 23.1 Å². The molecule has 1 saturated heterocycles. The van der Waals surface area contributed by atoms with E-state index < -0.39 is 29.3 Å². The zero-order valence-electron chi connectivity index (χ0n) is 18.3. The minimum atomic E-state index is -0.960. The second-order valence-corrected chi connectivity index (χ2v) is 7.63. The quantitative estimate of drug-likeness (QED) is 0.346. The van der Waals surface area contributed by atoms with Crippen LogP contribution in [0.25, 0.3) is 5.76 Å². The molecule has 3 aromatic carbocycles. The first-order valence-electron chi connectivity index (χ1n) is 10.2. The fraction of sp³-hybridized carbons (Fsp3) is 0.154. The van der Waals surface area contributed by atoms with Gasteiger partial charge in [-0.2, -0.15) is 0 Å². The van der Waals surface area contributed by atoms with Crippen molar-refractivity contribution in [1.29, 1.82) is 0 Å². The number of nitrogens with zero attached hydrogens (tertiary/aromatic N) is 1. The Morgan fingerprint density at radius 2 is 1.73 bits per heavy atom. The van der Waals surface area contributed by atoms with E-state index in [-0.39, 0.29) is 22.6 Å². The number of anilines is 1. The summed E-state index contributed by atoms with van der Waals surface area (Å²) in [7, 11) is 2.92. The molecule has 0 bridgehead atoms. The van der Waals surface area contributed by atoms with Crippen molar-refractivity contribution < 1.29 is 28.6 Å². The van der Waals surface area contributed by atoms with Gasteiger partial charge >= 0.3 is 0 Å². The number of ketones is 1. The summed E-state index contributed by atoms with van der Waals surface area (Å²) in [4.78, 5) is 27.6. The van der Waals surface area contributed by atoms with Crippen LogP contribution in [-0.2, 0) is 9.59 Å². The van der Waals surface area contributed by atoms with Crippen molar-refractivity contribution in [3.05, 3.63) is 94.8 Å². The third-order valence-corrected chi connectivity index (χ3v) is 5.55. The third-order valence-electron chi connectivity index (χ3n) is 5.55. The Labute approximate surface area is 190 Å². The number of halogens is 1. The van der Waals surface area contributed by atoms with Gasteiger partial charge in [0.2, 0.25) is 0 Å². The van der Waals surface area contributed by atoms with E-state index in [1.807, 2.05) is 19.1 Å². The second-order valence-electron chi connectivity index (χ2n) is 7.63. The molecule has 0 spiro atoms. The Morgan fingerprint density at radius 1 is 0.970 bits per heavy atom. The van der Waals surface area contributed by atoms with Crippen molar-refractivity contribution in [2.24, 2.45) is 0 Å². The van der Waals surface area contributed by atoms with Gasteiger partial charge in [-0.05, 0) is 42.8 Å². The maximum absolute atomic E-state index is 14.0. The Balaban J connectivity index is 1.98. The standard InChI is InChI=1S/C26H22FNO5/c1-15-6-4-7-16(12-15)23-22(24(29)20-11-10-19(32-2)14-21(20)33-3)25(30)26(31)28(23)18-9-5-8-17(27)13-18/h4-14,23,29H,1-3H3/b24-22-. The number of methoxy groups -OCH3 is 2. The van der Waals surface area contributed by atoms with E-state index in [1.54, 1.807) is 36.4 Å². The van der Waals surface area contributed by atoms with Crippen LogP contribution in [0.2, 0.25) is 0 Å². The number of amides is 1. The summed E-state index contributed by atoms with van der Waals surface area (Å²) in [6, 6.07) is 16.5. The van der Waals surface area contributed by atoms with E-state index in [0.29, 0.717) is 11.3 Å². The van der Waals surface area contributed by atoms with E-state index in [9.17, 15) is 19.1 Å². The van der Waals surface area contributed by atoms with Gasteiger partial charge in [0, 0.05) is 11.8 Å². The lowest BCUT2D eigenvalue weighted by Crippen LogP contribution is -2.29.